The first-order valence-electron chi connectivity index (χ1n) is 10.0. The molecule has 0 spiro atoms. The average molecular weight is 368 g/mol. The summed E-state index contributed by atoms with van der Waals surface area (Å²) in [5, 5.41) is 8.43. The Kier molecular flexibility index (Phi) is 5.41. The molecule has 27 heavy (non-hydrogen) atoms. The summed E-state index contributed by atoms with van der Waals surface area (Å²) >= 11 is 0. The lowest BCUT2D eigenvalue weighted by Crippen LogP contribution is -2.43. The number of nitrogens with zero attached hydrogens (tertiary/aromatic N) is 4. The largest absolute Gasteiger partial charge is 0.484 e. The Morgan fingerprint density at radius 2 is 2.00 bits per heavy atom. The Bertz CT molecular complexity index is 767. The molecule has 144 valence electrons. The topological polar surface area (TPSA) is 60.2 Å². The minimum Gasteiger partial charge on any atom is -0.484 e. The Labute approximate surface area is 160 Å². The number of hydrogen-bond acceptors (Lipinski definition) is 4. The number of ether oxygens (including phenoxy) is 1. The van der Waals surface area contributed by atoms with Crippen LogP contribution in [0.5, 0.6) is 5.75 Å². The second kappa shape index (κ2) is 8.11. The summed E-state index contributed by atoms with van der Waals surface area (Å²) in [5.74, 6) is 3.14. The summed E-state index contributed by atoms with van der Waals surface area (Å²) in [6.45, 7) is 4.79. The van der Waals surface area contributed by atoms with Gasteiger partial charge in [0.2, 0.25) is 0 Å². The monoisotopic (exact) mass is 368 g/mol. The summed E-state index contributed by atoms with van der Waals surface area (Å²) in [6.07, 6.45) is 7.58. The lowest BCUT2D eigenvalue weighted by molar-refractivity contribution is -0.135. The molecular weight excluding hydrogens is 340 g/mol. The van der Waals surface area contributed by atoms with Gasteiger partial charge in [-0.2, -0.15) is 0 Å². The van der Waals surface area contributed by atoms with Crippen LogP contribution in [0.2, 0.25) is 0 Å². The highest BCUT2D eigenvalue weighted by molar-refractivity contribution is 5.77. The van der Waals surface area contributed by atoms with E-state index in [1.165, 1.54) is 18.4 Å². The molecule has 1 aromatic heterocycles. The van der Waals surface area contributed by atoms with Crippen molar-refractivity contribution in [3.05, 3.63) is 42.0 Å². The normalized spacial score (nSPS) is 19.9. The van der Waals surface area contributed by atoms with Crippen molar-refractivity contribution in [2.75, 3.05) is 19.7 Å². The molecule has 2 aromatic rings. The molecule has 1 aromatic carbocycles. The zero-order valence-corrected chi connectivity index (χ0v) is 16.0. The van der Waals surface area contributed by atoms with Crippen molar-refractivity contribution < 1.29 is 9.53 Å². The van der Waals surface area contributed by atoms with Gasteiger partial charge in [-0.25, -0.2) is 0 Å². The average Bonchev–Trinajstić information content (AvgIpc) is 3.40. The minimum atomic E-state index is 0.0692. The van der Waals surface area contributed by atoms with Crippen LogP contribution >= 0.6 is 0 Å². The predicted octanol–water partition coefficient (Wildman–Crippen LogP) is 2.86. The zero-order valence-electron chi connectivity index (χ0n) is 16.0. The zero-order chi connectivity index (χ0) is 18.6. The number of aromatic nitrogens is 3. The van der Waals surface area contributed by atoms with Crippen molar-refractivity contribution >= 4 is 5.91 Å². The van der Waals surface area contributed by atoms with E-state index in [4.69, 9.17) is 4.74 Å². The molecule has 0 bridgehead atoms. The second-order valence-corrected chi connectivity index (χ2v) is 8.00. The smallest absolute Gasteiger partial charge is 0.260 e. The minimum absolute atomic E-state index is 0.0692. The maximum atomic E-state index is 12.6. The molecule has 1 saturated carbocycles. The molecular formula is C21H28N4O2. The van der Waals surface area contributed by atoms with Gasteiger partial charge in [-0.15, -0.1) is 10.2 Å². The first kappa shape index (κ1) is 18.0. The lowest BCUT2D eigenvalue weighted by Gasteiger charge is -2.32. The molecule has 1 aliphatic carbocycles. The number of hydrogen-bond donors (Lipinski definition) is 0. The van der Waals surface area contributed by atoms with Gasteiger partial charge in [0, 0.05) is 26.1 Å². The third kappa shape index (κ3) is 4.87. The molecule has 1 amide bonds. The molecule has 0 N–H and O–H groups in total. The number of benzene rings is 1. The van der Waals surface area contributed by atoms with Crippen molar-refractivity contribution in [1.29, 1.82) is 0 Å². The summed E-state index contributed by atoms with van der Waals surface area (Å²) in [6, 6.07) is 7.81. The van der Waals surface area contributed by atoms with Crippen LogP contribution in [0.3, 0.4) is 0 Å². The van der Waals surface area contributed by atoms with Crippen LogP contribution in [0.25, 0.3) is 0 Å². The molecule has 2 fully saturated rings. The fourth-order valence-electron chi connectivity index (χ4n) is 3.76. The Hall–Kier alpha value is -2.37. The van der Waals surface area contributed by atoms with Crippen molar-refractivity contribution in [3.8, 4) is 5.75 Å². The van der Waals surface area contributed by atoms with Crippen LogP contribution in [0, 0.1) is 18.8 Å². The van der Waals surface area contributed by atoms with Gasteiger partial charge in [-0.3, -0.25) is 4.79 Å². The van der Waals surface area contributed by atoms with Crippen LogP contribution in [0.1, 0.15) is 37.1 Å². The lowest BCUT2D eigenvalue weighted by atomic mass is 9.94. The number of carbonyl (C=O) groups excluding carboxylic acids is 1. The van der Waals surface area contributed by atoms with Crippen molar-refractivity contribution in [3.63, 3.8) is 0 Å². The van der Waals surface area contributed by atoms with E-state index in [1.807, 2.05) is 42.4 Å². The first-order valence-corrected chi connectivity index (χ1v) is 10.0. The van der Waals surface area contributed by atoms with Gasteiger partial charge >= 0.3 is 0 Å². The third-order valence-corrected chi connectivity index (χ3v) is 5.57. The van der Waals surface area contributed by atoms with E-state index in [0.29, 0.717) is 5.92 Å². The molecule has 1 unspecified atom stereocenters. The highest BCUT2D eigenvalue weighted by Crippen LogP contribution is 2.31. The molecule has 1 atom stereocenters. The van der Waals surface area contributed by atoms with Gasteiger partial charge in [0.1, 0.15) is 17.9 Å². The summed E-state index contributed by atoms with van der Waals surface area (Å²) in [4.78, 5) is 14.5. The number of carbonyl (C=O) groups is 1. The van der Waals surface area contributed by atoms with E-state index in [2.05, 4.69) is 14.8 Å². The van der Waals surface area contributed by atoms with Crippen LogP contribution in [-0.2, 0) is 17.8 Å². The van der Waals surface area contributed by atoms with Gasteiger partial charge in [0.15, 0.2) is 6.61 Å². The Balaban J connectivity index is 1.29. The van der Waals surface area contributed by atoms with E-state index < -0.39 is 0 Å². The number of amides is 1. The molecule has 2 aliphatic rings. The second-order valence-electron chi connectivity index (χ2n) is 8.00. The van der Waals surface area contributed by atoms with Gasteiger partial charge in [-0.1, -0.05) is 17.7 Å². The van der Waals surface area contributed by atoms with Gasteiger partial charge in [0.25, 0.3) is 5.91 Å². The van der Waals surface area contributed by atoms with Crippen molar-refractivity contribution in [2.24, 2.45) is 11.8 Å². The fraction of sp³-hybridized carbons (Fsp3) is 0.571. The molecule has 4 rings (SSSR count). The number of rotatable bonds is 7. The molecule has 2 heterocycles. The maximum Gasteiger partial charge on any atom is 0.260 e. The van der Waals surface area contributed by atoms with E-state index in [9.17, 15) is 4.79 Å². The predicted molar refractivity (Wildman–Crippen MR) is 102 cm³/mol. The molecule has 1 saturated heterocycles. The van der Waals surface area contributed by atoms with Gasteiger partial charge < -0.3 is 14.2 Å². The molecule has 6 nitrogen and oxygen atoms in total. The number of piperidine rings is 1. The highest BCUT2D eigenvalue weighted by atomic mass is 16.5. The molecule has 0 radical (unpaired) electrons. The SMILES string of the molecule is Cc1ccc(OCC(=O)N2CCCC(Cc3nncn3CC3CC3)C2)cc1. The highest BCUT2D eigenvalue weighted by Gasteiger charge is 2.27. The number of aryl methyl sites for hydroxylation is 1. The van der Waals surface area contributed by atoms with Crippen molar-refractivity contribution in [2.45, 2.75) is 45.6 Å². The standard InChI is InChI=1S/C21H28N4O2/c1-16-4-8-19(9-5-16)27-14-21(26)24-10-2-3-18(13-24)11-20-23-22-15-25(20)12-17-6-7-17/h4-5,8-9,15,17-18H,2-3,6-7,10-14H2,1H3. The summed E-state index contributed by atoms with van der Waals surface area (Å²) in [7, 11) is 0. The quantitative estimate of drug-likeness (QED) is 0.754. The molecule has 1 aliphatic heterocycles. The van der Waals surface area contributed by atoms with Crippen molar-refractivity contribution in [1.82, 2.24) is 19.7 Å². The van der Waals surface area contributed by atoms with E-state index in [-0.39, 0.29) is 12.5 Å². The van der Waals surface area contributed by atoms with Crippen LogP contribution in [-0.4, -0.2) is 45.3 Å². The summed E-state index contributed by atoms with van der Waals surface area (Å²) < 4.78 is 7.88. The summed E-state index contributed by atoms with van der Waals surface area (Å²) in [5.41, 5.74) is 1.18. The van der Waals surface area contributed by atoms with Crippen LogP contribution in [0.15, 0.2) is 30.6 Å². The number of likely N-dealkylation sites (tertiary alicyclic amines) is 1. The fourth-order valence-corrected chi connectivity index (χ4v) is 3.76. The van der Waals surface area contributed by atoms with E-state index >= 15 is 0 Å². The van der Waals surface area contributed by atoms with Gasteiger partial charge in [0.05, 0.1) is 0 Å². The van der Waals surface area contributed by atoms with E-state index in [1.54, 1.807) is 0 Å². The van der Waals surface area contributed by atoms with E-state index in [0.717, 1.165) is 56.4 Å². The van der Waals surface area contributed by atoms with Crippen LogP contribution < -0.4 is 4.74 Å². The Morgan fingerprint density at radius 3 is 2.78 bits per heavy atom. The molecule has 6 heteroatoms. The van der Waals surface area contributed by atoms with Gasteiger partial charge in [-0.05, 0) is 56.6 Å². The Morgan fingerprint density at radius 1 is 1.19 bits per heavy atom. The first-order chi connectivity index (χ1) is 13.2. The third-order valence-electron chi connectivity index (χ3n) is 5.57. The maximum absolute atomic E-state index is 12.6. The van der Waals surface area contributed by atoms with Crippen LogP contribution in [0.4, 0.5) is 0 Å².